The van der Waals surface area contributed by atoms with Crippen molar-refractivity contribution in [2.45, 2.75) is 45.4 Å². The maximum Gasteiger partial charge on any atom is 0.305 e. The van der Waals surface area contributed by atoms with E-state index in [1.54, 1.807) is 0 Å². The van der Waals surface area contributed by atoms with Gasteiger partial charge in [-0.25, -0.2) is 0 Å². The molecule has 0 spiro atoms. The van der Waals surface area contributed by atoms with Crippen LogP contribution in [-0.2, 0) is 9.53 Å². The molecule has 0 aliphatic rings. The standard InChI is InChI=1S/C17H26O3/c1-15(14-17(18)19-2)10-6-3-4-9-13-20-16-11-7-5-8-12-16/h5,7-8,11-12,15H,3-4,6,9-10,13-14H2,1-2H3. The molecule has 1 atom stereocenters. The lowest BCUT2D eigenvalue weighted by atomic mass is 9.99. The number of para-hydroxylation sites is 1. The molecular formula is C17H26O3. The Kier molecular flexibility index (Phi) is 8.52. The summed E-state index contributed by atoms with van der Waals surface area (Å²) < 4.78 is 10.3. The normalized spacial score (nSPS) is 11.9. The highest BCUT2D eigenvalue weighted by Gasteiger charge is 2.08. The number of unbranched alkanes of at least 4 members (excludes halogenated alkanes) is 3. The van der Waals surface area contributed by atoms with Crippen molar-refractivity contribution >= 4 is 5.97 Å². The highest BCUT2D eigenvalue weighted by molar-refractivity contribution is 5.69. The third-order valence-electron chi connectivity index (χ3n) is 3.35. The SMILES string of the molecule is COC(=O)CC(C)CCCCCCOc1ccccc1. The first kappa shape index (κ1) is 16.5. The number of carbonyl (C=O) groups excluding carboxylic acids is 1. The molecule has 0 aliphatic carbocycles. The molecule has 0 bridgehead atoms. The molecule has 0 saturated heterocycles. The largest absolute Gasteiger partial charge is 0.494 e. The van der Waals surface area contributed by atoms with Crippen molar-refractivity contribution in [3.05, 3.63) is 30.3 Å². The van der Waals surface area contributed by atoms with Crippen LogP contribution in [0.2, 0.25) is 0 Å². The molecule has 112 valence electrons. The van der Waals surface area contributed by atoms with Gasteiger partial charge in [0.1, 0.15) is 5.75 Å². The Hall–Kier alpha value is -1.51. The van der Waals surface area contributed by atoms with Crippen LogP contribution in [0.3, 0.4) is 0 Å². The smallest absolute Gasteiger partial charge is 0.305 e. The average molecular weight is 278 g/mol. The molecule has 0 amide bonds. The number of rotatable bonds is 10. The van der Waals surface area contributed by atoms with E-state index < -0.39 is 0 Å². The first-order valence-electron chi connectivity index (χ1n) is 7.47. The predicted molar refractivity (Wildman–Crippen MR) is 80.8 cm³/mol. The van der Waals surface area contributed by atoms with Gasteiger partial charge in [0.05, 0.1) is 13.7 Å². The summed E-state index contributed by atoms with van der Waals surface area (Å²) in [4.78, 5) is 11.1. The van der Waals surface area contributed by atoms with Crippen molar-refractivity contribution in [3.8, 4) is 5.75 Å². The zero-order valence-corrected chi connectivity index (χ0v) is 12.6. The molecule has 0 aromatic heterocycles. The molecule has 0 heterocycles. The average Bonchev–Trinajstić information content (AvgIpc) is 2.47. The van der Waals surface area contributed by atoms with E-state index in [1.807, 2.05) is 30.3 Å². The number of hydrogen-bond donors (Lipinski definition) is 0. The second kappa shape index (κ2) is 10.3. The highest BCUT2D eigenvalue weighted by atomic mass is 16.5. The highest BCUT2D eigenvalue weighted by Crippen LogP contribution is 2.15. The van der Waals surface area contributed by atoms with Crippen LogP contribution in [0.1, 0.15) is 45.4 Å². The van der Waals surface area contributed by atoms with Gasteiger partial charge in [-0.1, -0.05) is 50.8 Å². The Morgan fingerprint density at radius 2 is 1.80 bits per heavy atom. The predicted octanol–water partition coefficient (Wildman–Crippen LogP) is 4.22. The van der Waals surface area contributed by atoms with Crippen LogP contribution < -0.4 is 4.74 Å². The minimum Gasteiger partial charge on any atom is -0.494 e. The maximum absolute atomic E-state index is 11.1. The lowest BCUT2D eigenvalue weighted by Gasteiger charge is -2.09. The summed E-state index contributed by atoms with van der Waals surface area (Å²) in [5.74, 6) is 1.26. The maximum atomic E-state index is 11.1. The fraction of sp³-hybridized carbons (Fsp3) is 0.588. The van der Waals surface area contributed by atoms with Gasteiger partial charge >= 0.3 is 5.97 Å². The molecule has 0 radical (unpaired) electrons. The van der Waals surface area contributed by atoms with Crippen LogP contribution in [0.5, 0.6) is 5.75 Å². The van der Waals surface area contributed by atoms with Crippen molar-refractivity contribution < 1.29 is 14.3 Å². The molecule has 3 nitrogen and oxygen atoms in total. The number of carbonyl (C=O) groups is 1. The summed E-state index contributed by atoms with van der Waals surface area (Å²) >= 11 is 0. The molecule has 1 unspecified atom stereocenters. The van der Waals surface area contributed by atoms with E-state index in [1.165, 1.54) is 26.4 Å². The van der Waals surface area contributed by atoms with Gasteiger partial charge in [-0.2, -0.15) is 0 Å². The summed E-state index contributed by atoms with van der Waals surface area (Å²) in [5.41, 5.74) is 0. The van der Waals surface area contributed by atoms with E-state index in [9.17, 15) is 4.79 Å². The van der Waals surface area contributed by atoms with Crippen molar-refractivity contribution in [2.24, 2.45) is 5.92 Å². The Morgan fingerprint density at radius 1 is 1.10 bits per heavy atom. The molecule has 20 heavy (non-hydrogen) atoms. The molecule has 1 rings (SSSR count). The summed E-state index contributed by atoms with van der Waals surface area (Å²) in [6.07, 6.45) is 6.26. The molecule has 1 aromatic carbocycles. The van der Waals surface area contributed by atoms with Crippen LogP contribution in [-0.4, -0.2) is 19.7 Å². The molecule has 3 heteroatoms. The topological polar surface area (TPSA) is 35.5 Å². The molecule has 0 N–H and O–H groups in total. The number of methoxy groups -OCH3 is 1. The second-order valence-corrected chi connectivity index (χ2v) is 5.25. The van der Waals surface area contributed by atoms with Gasteiger partial charge in [-0.3, -0.25) is 4.79 Å². The lowest BCUT2D eigenvalue weighted by Crippen LogP contribution is -2.07. The van der Waals surface area contributed by atoms with Gasteiger partial charge in [-0.15, -0.1) is 0 Å². The zero-order valence-electron chi connectivity index (χ0n) is 12.6. The number of hydrogen-bond acceptors (Lipinski definition) is 3. The fourth-order valence-electron chi connectivity index (χ4n) is 2.13. The van der Waals surface area contributed by atoms with Crippen LogP contribution >= 0.6 is 0 Å². The zero-order chi connectivity index (χ0) is 14.6. The number of esters is 1. The third kappa shape index (κ3) is 7.82. The van der Waals surface area contributed by atoms with Crippen LogP contribution in [0.15, 0.2) is 30.3 Å². The van der Waals surface area contributed by atoms with E-state index in [2.05, 4.69) is 11.7 Å². The van der Waals surface area contributed by atoms with Gasteiger partial charge in [0, 0.05) is 6.42 Å². The Balaban J connectivity index is 1.93. The molecule has 0 aliphatic heterocycles. The molecule has 1 aromatic rings. The monoisotopic (exact) mass is 278 g/mol. The first-order chi connectivity index (χ1) is 9.72. The van der Waals surface area contributed by atoms with Gasteiger partial charge in [-0.05, 0) is 24.5 Å². The second-order valence-electron chi connectivity index (χ2n) is 5.25. The number of ether oxygens (including phenoxy) is 2. The first-order valence-corrected chi connectivity index (χ1v) is 7.47. The fourth-order valence-corrected chi connectivity index (χ4v) is 2.13. The van der Waals surface area contributed by atoms with Gasteiger partial charge in [0.15, 0.2) is 0 Å². The van der Waals surface area contributed by atoms with Crippen molar-refractivity contribution in [1.82, 2.24) is 0 Å². The summed E-state index contributed by atoms with van der Waals surface area (Å²) in [5, 5.41) is 0. The van der Waals surface area contributed by atoms with Crippen LogP contribution in [0.4, 0.5) is 0 Å². The van der Waals surface area contributed by atoms with Crippen LogP contribution in [0.25, 0.3) is 0 Å². The van der Waals surface area contributed by atoms with E-state index in [0.717, 1.165) is 25.2 Å². The van der Waals surface area contributed by atoms with E-state index in [0.29, 0.717) is 12.3 Å². The van der Waals surface area contributed by atoms with E-state index in [4.69, 9.17) is 4.74 Å². The Bertz CT molecular complexity index is 362. The van der Waals surface area contributed by atoms with Crippen molar-refractivity contribution in [2.75, 3.05) is 13.7 Å². The minimum absolute atomic E-state index is 0.103. The summed E-state index contributed by atoms with van der Waals surface area (Å²) in [7, 11) is 1.45. The molecule has 0 saturated carbocycles. The third-order valence-corrected chi connectivity index (χ3v) is 3.35. The van der Waals surface area contributed by atoms with Crippen molar-refractivity contribution in [1.29, 1.82) is 0 Å². The summed E-state index contributed by atoms with van der Waals surface area (Å²) in [6, 6.07) is 9.92. The molecular weight excluding hydrogens is 252 g/mol. The van der Waals surface area contributed by atoms with Gasteiger partial charge in [0.2, 0.25) is 0 Å². The minimum atomic E-state index is -0.103. The van der Waals surface area contributed by atoms with E-state index in [-0.39, 0.29) is 5.97 Å². The quantitative estimate of drug-likeness (QED) is 0.475. The van der Waals surface area contributed by atoms with Crippen molar-refractivity contribution in [3.63, 3.8) is 0 Å². The van der Waals surface area contributed by atoms with E-state index >= 15 is 0 Å². The van der Waals surface area contributed by atoms with Gasteiger partial charge < -0.3 is 9.47 Å². The Morgan fingerprint density at radius 3 is 2.50 bits per heavy atom. The molecule has 0 fully saturated rings. The van der Waals surface area contributed by atoms with Crippen LogP contribution in [0, 0.1) is 5.92 Å². The number of benzene rings is 1. The lowest BCUT2D eigenvalue weighted by molar-refractivity contribution is -0.141. The Labute approximate surface area is 122 Å². The van der Waals surface area contributed by atoms with Gasteiger partial charge in [0.25, 0.3) is 0 Å². The summed E-state index contributed by atoms with van der Waals surface area (Å²) in [6.45, 7) is 2.89.